The maximum Gasteiger partial charge on any atom is 0.432 e. The van der Waals surface area contributed by atoms with Gasteiger partial charge in [0.25, 0.3) is 0 Å². The first-order valence-electron chi connectivity index (χ1n) is 9.52. The van der Waals surface area contributed by atoms with E-state index in [1.807, 2.05) is 4.90 Å². The summed E-state index contributed by atoms with van der Waals surface area (Å²) in [5.41, 5.74) is -1.05. The number of H-pyrrole nitrogens is 1. The molecule has 3 fully saturated rings. The molecule has 3 aliphatic rings. The Bertz CT molecular complexity index is 666. The number of hydrogen-bond donors (Lipinski definition) is 2. The molecule has 0 aromatic carbocycles. The van der Waals surface area contributed by atoms with Crippen LogP contribution >= 0.6 is 0 Å². The van der Waals surface area contributed by atoms with Crippen molar-refractivity contribution in [3.63, 3.8) is 0 Å². The van der Waals surface area contributed by atoms with Gasteiger partial charge in [0.05, 0.1) is 11.6 Å². The lowest BCUT2D eigenvalue weighted by molar-refractivity contribution is -0.146. The van der Waals surface area contributed by atoms with Crippen LogP contribution in [0.15, 0.2) is 6.20 Å². The summed E-state index contributed by atoms with van der Waals surface area (Å²) < 4.78 is 38.2. The summed E-state index contributed by atoms with van der Waals surface area (Å²) in [6, 6.07) is 0. The zero-order chi connectivity index (χ0) is 18.4. The third-order valence-electron chi connectivity index (χ3n) is 6.53. The third kappa shape index (κ3) is 3.02. The number of halogens is 3. The van der Waals surface area contributed by atoms with Crippen molar-refractivity contribution in [2.24, 2.45) is 11.3 Å². The second-order valence-electron chi connectivity index (χ2n) is 7.98. The van der Waals surface area contributed by atoms with Crippen molar-refractivity contribution in [1.29, 1.82) is 0 Å². The van der Waals surface area contributed by atoms with Crippen LogP contribution in [0.5, 0.6) is 0 Å². The molecule has 3 heterocycles. The summed E-state index contributed by atoms with van der Waals surface area (Å²) in [5, 5.41) is 3.41. The molecule has 2 saturated heterocycles. The molecule has 1 aliphatic carbocycles. The second-order valence-corrected chi connectivity index (χ2v) is 7.98. The van der Waals surface area contributed by atoms with Gasteiger partial charge >= 0.3 is 6.18 Å². The minimum atomic E-state index is -4.40. The Balaban J connectivity index is 1.40. The highest BCUT2D eigenvalue weighted by molar-refractivity contribution is 5.84. The smallest absolute Gasteiger partial charge is 0.342 e. The molecular weight excluding hydrogens is 345 g/mol. The lowest BCUT2D eigenvalue weighted by Gasteiger charge is -2.42. The van der Waals surface area contributed by atoms with Gasteiger partial charge in [0.1, 0.15) is 11.5 Å². The Morgan fingerprint density at radius 3 is 2.69 bits per heavy atom. The molecule has 0 unspecified atom stereocenters. The van der Waals surface area contributed by atoms with Gasteiger partial charge in [-0.15, -0.1) is 0 Å². The predicted octanol–water partition coefficient (Wildman–Crippen LogP) is 2.91. The molecular formula is C18H25F3N4O. The van der Waals surface area contributed by atoms with Gasteiger partial charge in [-0.3, -0.25) is 4.79 Å². The quantitative estimate of drug-likeness (QED) is 0.842. The van der Waals surface area contributed by atoms with Crippen molar-refractivity contribution < 1.29 is 18.0 Å². The topological polar surface area (TPSA) is 61.0 Å². The Labute approximate surface area is 150 Å². The lowest BCUT2D eigenvalue weighted by Crippen LogP contribution is -2.51. The molecule has 0 bridgehead atoms. The molecule has 2 atom stereocenters. The number of alkyl halides is 3. The first kappa shape index (κ1) is 17.8. The molecule has 4 rings (SSSR count). The van der Waals surface area contributed by atoms with E-state index in [9.17, 15) is 18.0 Å². The van der Waals surface area contributed by atoms with Gasteiger partial charge in [-0.2, -0.15) is 13.2 Å². The summed E-state index contributed by atoms with van der Waals surface area (Å²) in [6.07, 6.45) is 2.15. The number of imidazole rings is 1. The monoisotopic (exact) mass is 370 g/mol. The maximum atomic E-state index is 13.2. The van der Waals surface area contributed by atoms with Crippen molar-refractivity contribution in [1.82, 2.24) is 20.2 Å². The summed E-state index contributed by atoms with van der Waals surface area (Å²) in [5.74, 6) is 1.03. The molecule has 5 nitrogen and oxygen atoms in total. The van der Waals surface area contributed by atoms with Crippen LogP contribution in [0.2, 0.25) is 0 Å². The first-order valence-corrected chi connectivity index (χ1v) is 9.52. The van der Waals surface area contributed by atoms with E-state index in [0.29, 0.717) is 37.7 Å². The number of rotatable bonds is 2. The highest BCUT2D eigenvalue weighted by atomic mass is 19.4. The van der Waals surface area contributed by atoms with E-state index in [1.54, 1.807) is 0 Å². The fraction of sp³-hybridized carbons (Fsp3) is 0.778. The molecule has 1 aromatic heterocycles. The van der Waals surface area contributed by atoms with E-state index < -0.39 is 11.9 Å². The van der Waals surface area contributed by atoms with Crippen LogP contribution in [0.4, 0.5) is 13.2 Å². The zero-order valence-corrected chi connectivity index (χ0v) is 14.7. The van der Waals surface area contributed by atoms with Gasteiger partial charge in [0, 0.05) is 25.6 Å². The van der Waals surface area contributed by atoms with Crippen molar-refractivity contribution in [3.8, 4) is 0 Å². The molecule has 144 valence electrons. The minimum Gasteiger partial charge on any atom is -0.342 e. The predicted molar refractivity (Wildman–Crippen MR) is 89.4 cm³/mol. The molecule has 2 aliphatic heterocycles. The van der Waals surface area contributed by atoms with Crippen molar-refractivity contribution >= 4 is 5.91 Å². The maximum absolute atomic E-state index is 13.2. The van der Waals surface area contributed by atoms with Gasteiger partial charge in [-0.05, 0) is 38.1 Å². The van der Waals surface area contributed by atoms with Crippen LogP contribution in [-0.4, -0.2) is 47.0 Å². The summed E-state index contributed by atoms with van der Waals surface area (Å²) in [7, 11) is 0. The molecule has 26 heavy (non-hydrogen) atoms. The summed E-state index contributed by atoms with van der Waals surface area (Å²) >= 11 is 0. The standard InChI is InChI=1S/C18H25F3N4O/c19-18(20,21)14-10-23-15(24-14)12-4-7-25(8-5-12)16(26)17-6-2-1-3-13(17)9-22-11-17/h10,12-13,22H,1-9,11H2,(H,23,24)/t13-,17+/m0/s1. The number of aromatic nitrogens is 2. The van der Waals surface area contributed by atoms with Gasteiger partial charge < -0.3 is 15.2 Å². The van der Waals surface area contributed by atoms with Crippen molar-refractivity contribution in [3.05, 3.63) is 17.7 Å². The van der Waals surface area contributed by atoms with E-state index in [-0.39, 0.29) is 17.2 Å². The fourth-order valence-electron chi connectivity index (χ4n) is 5.03. The number of nitrogens with one attached hydrogen (secondary N) is 2. The van der Waals surface area contributed by atoms with Crippen LogP contribution in [-0.2, 0) is 11.0 Å². The molecule has 0 spiro atoms. The zero-order valence-electron chi connectivity index (χ0n) is 14.7. The van der Waals surface area contributed by atoms with Crippen LogP contribution in [0.3, 0.4) is 0 Å². The lowest BCUT2D eigenvalue weighted by atomic mass is 9.67. The molecule has 1 amide bonds. The van der Waals surface area contributed by atoms with Gasteiger partial charge in [-0.25, -0.2) is 4.98 Å². The molecule has 0 radical (unpaired) electrons. The normalized spacial score (nSPS) is 30.4. The van der Waals surface area contributed by atoms with E-state index in [1.165, 1.54) is 6.42 Å². The van der Waals surface area contributed by atoms with Crippen LogP contribution in [0.1, 0.15) is 56.0 Å². The van der Waals surface area contributed by atoms with Gasteiger partial charge in [0.2, 0.25) is 5.91 Å². The highest BCUT2D eigenvalue weighted by Gasteiger charge is 2.51. The number of likely N-dealkylation sites (tertiary alicyclic amines) is 1. The van der Waals surface area contributed by atoms with Crippen LogP contribution in [0.25, 0.3) is 0 Å². The number of aromatic amines is 1. The Hall–Kier alpha value is -1.57. The molecule has 2 N–H and O–H groups in total. The summed E-state index contributed by atoms with van der Waals surface area (Å²) in [4.78, 5) is 21.5. The van der Waals surface area contributed by atoms with Crippen LogP contribution < -0.4 is 5.32 Å². The van der Waals surface area contributed by atoms with Crippen LogP contribution in [0, 0.1) is 11.3 Å². The Morgan fingerprint density at radius 1 is 1.23 bits per heavy atom. The number of amides is 1. The number of carbonyl (C=O) groups excluding carboxylic acids is 1. The average molecular weight is 370 g/mol. The van der Waals surface area contributed by atoms with E-state index in [2.05, 4.69) is 15.3 Å². The molecule has 1 saturated carbocycles. The number of piperidine rings is 1. The Morgan fingerprint density at radius 2 is 2.00 bits per heavy atom. The van der Waals surface area contributed by atoms with Gasteiger partial charge in [0.15, 0.2) is 0 Å². The third-order valence-corrected chi connectivity index (χ3v) is 6.53. The highest BCUT2D eigenvalue weighted by Crippen LogP contribution is 2.45. The van der Waals surface area contributed by atoms with Crippen molar-refractivity contribution in [2.45, 2.75) is 50.6 Å². The van der Waals surface area contributed by atoms with E-state index >= 15 is 0 Å². The minimum absolute atomic E-state index is 0.0449. The number of hydrogen-bond acceptors (Lipinski definition) is 3. The number of nitrogens with zero attached hydrogens (tertiary/aromatic N) is 2. The molecule has 8 heteroatoms. The molecule has 1 aromatic rings. The number of carbonyl (C=O) groups is 1. The van der Waals surface area contributed by atoms with Gasteiger partial charge in [-0.1, -0.05) is 12.8 Å². The summed E-state index contributed by atoms with van der Waals surface area (Å²) in [6.45, 7) is 2.89. The Kier molecular flexibility index (Phi) is 4.49. The number of fused-ring (bicyclic) bond motifs is 1. The van der Waals surface area contributed by atoms with Crippen molar-refractivity contribution in [2.75, 3.05) is 26.2 Å². The second kappa shape index (κ2) is 6.55. The first-order chi connectivity index (χ1) is 12.4. The van der Waals surface area contributed by atoms with E-state index in [4.69, 9.17) is 0 Å². The van der Waals surface area contributed by atoms with E-state index in [0.717, 1.165) is 38.5 Å². The SMILES string of the molecule is O=C(N1CCC(c2ncc(C(F)(F)F)[nH]2)CC1)[C@@]12CCCC[C@H]1CNC2. The average Bonchev–Trinajstić information content (AvgIpc) is 3.28. The fourth-order valence-corrected chi connectivity index (χ4v) is 5.03. The largest absolute Gasteiger partial charge is 0.432 e.